The zero-order valence-electron chi connectivity index (χ0n) is 20.3. The molecule has 1 aromatic heterocycles. The van der Waals surface area contributed by atoms with Crippen molar-refractivity contribution in [3.8, 4) is 5.75 Å². The summed E-state index contributed by atoms with van der Waals surface area (Å²) >= 11 is 1.75. The Kier molecular flexibility index (Phi) is 8.74. The number of benzene rings is 2. The normalized spacial score (nSPS) is 16.1. The molecule has 5 nitrogen and oxygen atoms in total. The highest BCUT2D eigenvalue weighted by Gasteiger charge is 2.33. The van der Waals surface area contributed by atoms with Gasteiger partial charge in [-0.25, -0.2) is 0 Å². The van der Waals surface area contributed by atoms with Crippen molar-refractivity contribution in [3.63, 3.8) is 0 Å². The molecule has 1 amide bonds. The minimum Gasteiger partial charge on any atom is -0.491 e. The van der Waals surface area contributed by atoms with Crippen molar-refractivity contribution in [2.45, 2.75) is 31.9 Å². The van der Waals surface area contributed by atoms with Crippen LogP contribution in [-0.4, -0.2) is 59.7 Å². The molecular weight excluding hydrogens is 456 g/mol. The van der Waals surface area contributed by atoms with E-state index in [2.05, 4.69) is 24.9 Å². The zero-order chi connectivity index (χ0) is 24.6. The average Bonchev–Trinajstić information content (AvgIpc) is 3.33. The van der Waals surface area contributed by atoms with Crippen LogP contribution < -0.4 is 4.74 Å². The highest BCUT2D eigenvalue weighted by Crippen LogP contribution is 2.34. The van der Waals surface area contributed by atoms with Crippen molar-refractivity contribution in [2.24, 2.45) is 0 Å². The van der Waals surface area contributed by atoms with E-state index in [0.717, 1.165) is 17.7 Å². The molecule has 0 saturated carbocycles. The van der Waals surface area contributed by atoms with Crippen molar-refractivity contribution in [3.05, 3.63) is 100 Å². The third kappa shape index (κ3) is 6.82. The Morgan fingerprint density at radius 3 is 2.74 bits per heavy atom. The third-order valence-electron chi connectivity index (χ3n) is 6.37. The molecule has 0 aliphatic carbocycles. The smallest absolute Gasteiger partial charge is 0.237 e. The van der Waals surface area contributed by atoms with Crippen LogP contribution in [-0.2, 0) is 17.6 Å². The van der Waals surface area contributed by atoms with Gasteiger partial charge in [-0.05, 0) is 54.5 Å². The summed E-state index contributed by atoms with van der Waals surface area (Å²) in [5, 5.41) is 12.8. The van der Waals surface area contributed by atoms with Crippen LogP contribution in [0.5, 0.6) is 5.75 Å². The monoisotopic (exact) mass is 490 g/mol. The minimum absolute atomic E-state index is 0.0492. The fourth-order valence-corrected chi connectivity index (χ4v) is 5.53. The first-order chi connectivity index (χ1) is 17.0. The maximum Gasteiger partial charge on any atom is 0.237 e. The maximum absolute atomic E-state index is 13.5. The molecule has 0 unspecified atom stereocenters. The fourth-order valence-electron chi connectivity index (χ4n) is 4.60. The summed E-state index contributed by atoms with van der Waals surface area (Å²) in [6.45, 7) is 8.17. The summed E-state index contributed by atoms with van der Waals surface area (Å²) in [6.07, 6.45) is 2.64. The second-order valence-electron chi connectivity index (χ2n) is 9.10. The number of hydrogen-bond acceptors (Lipinski definition) is 5. The van der Waals surface area contributed by atoms with E-state index < -0.39 is 6.10 Å². The van der Waals surface area contributed by atoms with Gasteiger partial charge in [0.25, 0.3) is 0 Å². The summed E-state index contributed by atoms with van der Waals surface area (Å²) in [4.78, 5) is 18.8. The van der Waals surface area contributed by atoms with Gasteiger partial charge in [-0.3, -0.25) is 9.69 Å². The van der Waals surface area contributed by atoms with Crippen molar-refractivity contribution < 1.29 is 14.6 Å². The Hall–Kier alpha value is -2.93. The highest BCUT2D eigenvalue weighted by atomic mass is 32.1. The molecule has 3 aromatic rings. The van der Waals surface area contributed by atoms with E-state index in [1.54, 1.807) is 17.4 Å². The van der Waals surface area contributed by atoms with Crippen molar-refractivity contribution in [2.75, 3.05) is 32.8 Å². The number of rotatable bonds is 11. The summed E-state index contributed by atoms with van der Waals surface area (Å²) in [5.41, 5.74) is 3.45. The number of ether oxygens (including phenoxy) is 1. The van der Waals surface area contributed by atoms with Gasteiger partial charge in [-0.15, -0.1) is 17.9 Å². The zero-order valence-corrected chi connectivity index (χ0v) is 21.1. The fraction of sp³-hybridized carbons (Fsp3) is 0.345. The summed E-state index contributed by atoms with van der Waals surface area (Å²) in [6, 6.07) is 19.9. The Bertz CT molecular complexity index is 1100. The first kappa shape index (κ1) is 25.2. The van der Waals surface area contributed by atoms with Crippen LogP contribution in [0.15, 0.2) is 78.7 Å². The van der Waals surface area contributed by atoms with E-state index in [1.165, 1.54) is 16.0 Å². The van der Waals surface area contributed by atoms with E-state index >= 15 is 0 Å². The van der Waals surface area contributed by atoms with Crippen LogP contribution in [0.1, 0.15) is 27.6 Å². The molecule has 0 bridgehead atoms. The maximum atomic E-state index is 13.5. The first-order valence-corrected chi connectivity index (χ1v) is 13.0. The Morgan fingerprint density at radius 2 is 2.00 bits per heavy atom. The molecule has 2 aromatic carbocycles. The van der Waals surface area contributed by atoms with Crippen LogP contribution in [0.3, 0.4) is 0 Å². The van der Waals surface area contributed by atoms with Crippen molar-refractivity contribution in [1.82, 2.24) is 9.80 Å². The molecule has 4 rings (SSSR count). The van der Waals surface area contributed by atoms with Gasteiger partial charge >= 0.3 is 0 Å². The van der Waals surface area contributed by atoms with Crippen LogP contribution in [0.4, 0.5) is 0 Å². The predicted octanol–water partition coefficient (Wildman–Crippen LogP) is 4.65. The molecule has 0 saturated heterocycles. The number of carbonyl (C=O) groups is 1. The van der Waals surface area contributed by atoms with Crippen molar-refractivity contribution in [1.29, 1.82) is 0 Å². The van der Waals surface area contributed by atoms with Gasteiger partial charge in [0, 0.05) is 24.5 Å². The number of aliphatic hydroxyl groups is 1. The van der Waals surface area contributed by atoms with Gasteiger partial charge in [0.15, 0.2) is 0 Å². The number of thiophene rings is 1. The molecular formula is C29H34N2O3S. The third-order valence-corrected chi connectivity index (χ3v) is 7.37. The van der Waals surface area contributed by atoms with Crippen molar-refractivity contribution >= 4 is 17.2 Å². The number of nitrogens with zero attached hydrogens (tertiary/aromatic N) is 2. The Balaban J connectivity index is 1.42. The molecule has 0 spiro atoms. The predicted molar refractivity (Wildman–Crippen MR) is 142 cm³/mol. The summed E-state index contributed by atoms with van der Waals surface area (Å²) in [7, 11) is 0. The Morgan fingerprint density at radius 1 is 1.23 bits per heavy atom. The van der Waals surface area contributed by atoms with Crippen LogP contribution >= 0.6 is 11.3 Å². The lowest BCUT2D eigenvalue weighted by atomic mass is 10.00. The number of amides is 1. The molecule has 2 atom stereocenters. The van der Waals surface area contributed by atoms with Gasteiger partial charge in [0.1, 0.15) is 12.4 Å². The second kappa shape index (κ2) is 12.2. The van der Waals surface area contributed by atoms with E-state index in [-0.39, 0.29) is 18.5 Å². The summed E-state index contributed by atoms with van der Waals surface area (Å²) in [5.74, 6) is 0.857. The molecule has 1 N–H and O–H groups in total. The van der Waals surface area contributed by atoms with E-state index in [1.807, 2.05) is 64.4 Å². The standard InChI is InChI=1S/C29H34N2O3S/c1-3-15-30(19-24(32)18-23-7-5-4-6-8-23)20-29(33)31-16-13-28-26(14-17-35-28)27(31)21-34-25-11-9-22(2)10-12-25/h3-12,14,17,24,27,32H,1,13,15-16,18-21H2,2H3/t24-,27-/m1/s1. The SMILES string of the molecule is C=CCN(CC(=O)N1CCc2sccc2[C@H]1COc1ccc(C)cc1)C[C@H](O)Cc1ccccc1. The lowest BCUT2D eigenvalue weighted by molar-refractivity contribution is -0.136. The van der Waals surface area contributed by atoms with Gasteiger partial charge in [-0.1, -0.05) is 54.1 Å². The molecule has 184 valence electrons. The molecule has 1 aliphatic rings. The number of hydrogen-bond donors (Lipinski definition) is 1. The summed E-state index contributed by atoms with van der Waals surface area (Å²) < 4.78 is 6.13. The Labute approximate surface area is 212 Å². The van der Waals surface area contributed by atoms with Gasteiger partial charge < -0.3 is 14.7 Å². The first-order valence-electron chi connectivity index (χ1n) is 12.1. The van der Waals surface area contributed by atoms with Gasteiger partial charge in [0.05, 0.1) is 18.7 Å². The number of aliphatic hydroxyl groups excluding tert-OH is 1. The topological polar surface area (TPSA) is 53.0 Å². The lowest BCUT2D eigenvalue weighted by Gasteiger charge is -2.37. The van der Waals surface area contributed by atoms with E-state index in [0.29, 0.717) is 32.7 Å². The lowest BCUT2D eigenvalue weighted by Crippen LogP contribution is -2.48. The molecule has 0 radical (unpaired) electrons. The molecule has 1 aliphatic heterocycles. The van der Waals surface area contributed by atoms with Crippen LogP contribution in [0.2, 0.25) is 0 Å². The minimum atomic E-state index is -0.560. The van der Waals surface area contributed by atoms with E-state index in [9.17, 15) is 9.90 Å². The molecule has 2 heterocycles. The van der Waals surface area contributed by atoms with E-state index in [4.69, 9.17) is 4.74 Å². The van der Waals surface area contributed by atoms with Gasteiger partial charge in [-0.2, -0.15) is 0 Å². The number of carbonyl (C=O) groups excluding carboxylic acids is 1. The quantitative estimate of drug-likeness (QED) is 0.398. The van der Waals surface area contributed by atoms with Crippen LogP contribution in [0, 0.1) is 6.92 Å². The highest BCUT2D eigenvalue weighted by molar-refractivity contribution is 7.10. The molecule has 0 fully saturated rings. The molecule has 35 heavy (non-hydrogen) atoms. The second-order valence-corrected chi connectivity index (χ2v) is 10.1. The average molecular weight is 491 g/mol. The molecule has 6 heteroatoms. The van der Waals surface area contributed by atoms with Gasteiger partial charge in [0.2, 0.25) is 5.91 Å². The number of fused-ring (bicyclic) bond motifs is 1. The number of aryl methyl sites for hydroxylation is 1. The largest absolute Gasteiger partial charge is 0.491 e. The van der Waals surface area contributed by atoms with Crippen LogP contribution in [0.25, 0.3) is 0 Å².